The second-order valence-electron chi connectivity index (χ2n) is 7.41. The minimum Gasteiger partial charge on any atom is -0.477 e. The molecule has 168 valence electrons. The highest BCUT2D eigenvalue weighted by molar-refractivity contribution is 6.10. The van der Waals surface area contributed by atoms with Crippen LogP contribution in [0.1, 0.15) is 41.8 Å². The first-order valence-corrected chi connectivity index (χ1v) is 9.67. The van der Waals surface area contributed by atoms with Crippen LogP contribution in [-0.4, -0.2) is 55.5 Å². The molecule has 2 amide bonds. The molecule has 0 atom stereocenters. The molecule has 0 saturated heterocycles. The quantitative estimate of drug-likeness (QED) is 0.304. The fourth-order valence-electron chi connectivity index (χ4n) is 3.44. The van der Waals surface area contributed by atoms with Crippen LogP contribution in [0, 0.1) is 0 Å². The van der Waals surface area contributed by atoms with Gasteiger partial charge in [-0.3, -0.25) is 9.59 Å². The molecule has 0 bridgehead atoms. The van der Waals surface area contributed by atoms with Gasteiger partial charge in [0.15, 0.2) is 0 Å². The number of nitrogens with zero attached hydrogens (tertiary/aromatic N) is 2. The molecule has 0 fully saturated rings. The maximum absolute atomic E-state index is 12.8. The lowest BCUT2D eigenvalue weighted by Crippen LogP contribution is -2.26. The molecule has 4 aromatic rings. The summed E-state index contributed by atoms with van der Waals surface area (Å²) in [6.07, 6.45) is 2.92. The number of hydrogen-bond donors (Lipinski definition) is 5. The zero-order chi connectivity index (χ0) is 23.9. The first-order chi connectivity index (χ1) is 15.6. The fraction of sp³-hybridized carbons (Fsp3) is 0.0909. The van der Waals surface area contributed by atoms with Gasteiger partial charge in [-0.15, -0.1) is 0 Å². The number of nitrogens with one attached hydrogen (secondary N) is 3. The Hall–Kier alpha value is -4.80. The van der Waals surface area contributed by atoms with Crippen LogP contribution in [0.15, 0.2) is 48.8 Å². The van der Waals surface area contributed by atoms with Crippen LogP contribution < -0.4 is 10.2 Å². The zero-order valence-corrected chi connectivity index (χ0v) is 17.5. The predicted molar refractivity (Wildman–Crippen MR) is 119 cm³/mol. The molecule has 5 N–H and O–H groups in total. The molecule has 0 aliphatic heterocycles. The number of carboxylic acid groups (broad SMARTS) is 2. The van der Waals surface area contributed by atoms with Gasteiger partial charge in [-0.05, 0) is 36.4 Å². The van der Waals surface area contributed by atoms with E-state index in [0.29, 0.717) is 27.8 Å². The van der Waals surface area contributed by atoms with Crippen molar-refractivity contribution in [2.75, 3.05) is 17.3 Å². The number of H-pyrrole nitrogens is 2. The van der Waals surface area contributed by atoms with Crippen molar-refractivity contribution in [3.05, 3.63) is 71.4 Å². The average Bonchev–Trinajstić information content (AvgIpc) is 3.50. The summed E-state index contributed by atoms with van der Waals surface area (Å²) in [7, 11) is 3.09. The summed E-state index contributed by atoms with van der Waals surface area (Å²) < 4.78 is 1.39. The number of amides is 2. The van der Waals surface area contributed by atoms with Gasteiger partial charge in [0.25, 0.3) is 11.8 Å². The highest BCUT2D eigenvalue weighted by Crippen LogP contribution is 2.22. The Balaban J connectivity index is 1.54. The molecule has 0 unspecified atom stereocenters. The van der Waals surface area contributed by atoms with Gasteiger partial charge in [0, 0.05) is 43.0 Å². The molecule has 11 heteroatoms. The van der Waals surface area contributed by atoms with E-state index in [-0.39, 0.29) is 17.1 Å². The van der Waals surface area contributed by atoms with Crippen LogP contribution in [-0.2, 0) is 7.05 Å². The van der Waals surface area contributed by atoms with E-state index in [4.69, 9.17) is 10.2 Å². The van der Waals surface area contributed by atoms with E-state index in [1.54, 1.807) is 31.3 Å². The van der Waals surface area contributed by atoms with Crippen LogP contribution in [0.3, 0.4) is 0 Å². The van der Waals surface area contributed by atoms with E-state index >= 15 is 0 Å². The highest BCUT2D eigenvalue weighted by atomic mass is 16.4. The molecule has 0 saturated carbocycles. The maximum Gasteiger partial charge on any atom is 0.352 e. The summed E-state index contributed by atoms with van der Waals surface area (Å²) in [6.45, 7) is 0. The molecule has 0 spiro atoms. The predicted octanol–water partition coefficient (Wildman–Crippen LogP) is 2.76. The number of fused-ring (bicyclic) bond motifs is 1. The van der Waals surface area contributed by atoms with Gasteiger partial charge in [-0.1, -0.05) is 0 Å². The number of benzene rings is 1. The molecule has 33 heavy (non-hydrogen) atoms. The SMILES string of the molecule is CN(C(=O)c1cc2cc(C(=O)Nc3cc(C(=O)O)n(C)c3)ccc2[nH]1)c1c[nH]c(C(=O)O)c1. The molecule has 0 aliphatic carbocycles. The number of aromatic carboxylic acids is 2. The van der Waals surface area contributed by atoms with Crippen molar-refractivity contribution in [3.63, 3.8) is 0 Å². The molecular weight excluding hydrogens is 430 g/mol. The number of aromatic nitrogens is 3. The first kappa shape index (κ1) is 21.4. The molecule has 4 rings (SSSR count). The minimum absolute atomic E-state index is 0.0363. The van der Waals surface area contributed by atoms with E-state index in [2.05, 4.69) is 15.3 Å². The maximum atomic E-state index is 12.8. The molecule has 3 aromatic heterocycles. The largest absolute Gasteiger partial charge is 0.477 e. The second-order valence-corrected chi connectivity index (χ2v) is 7.41. The number of carbonyl (C=O) groups is 4. The van der Waals surface area contributed by atoms with Crippen molar-refractivity contribution in [2.24, 2.45) is 7.05 Å². The summed E-state index contributed by atoms with van der Waals surface area (Å²) in [5.74, 6) is -3.06. The Morgan fingerprint density at radius 3 is 2.39 bits per heavy atom. The van der Waals surface area contributed by atoms with E-state index in [1.165, 1.54) is 41.0 Å². The molecule has 11 nitrogen and oxygen atoms in total. The lowest BCUT2D eigenvalue weighted by Gasteiger charge is -2.13. The van der Waals surface area contributed by atoms with Crippen molar-refractivity contribution >= 4 is 46.0 Å². The van der Waals surface area contributed by atoms with Crippen molar-refractivity contribution in [2.45, 2.75) is 0 Å². The Bertz CT molecular complexity index is 1430. The lowest BCUT2D eigenvalue weighted by molar-refractivity contribution is 0.0678. The molecule has 1 aromatic carbocycles. The van der Waals surface area contributed by atoms with Gasteiger partial charge in [0.1, 0.15) is 17.1 Å². The van der Waals surface area contributed by atoms with Gasteiger partial charge >= 0.3 is 11.9 Å². The second kappa shape index (κ2) is 8.04. The Morgan fingerprint density at radius 2 is 1.76 bits per heavy atom. The van der Waals surface area contributed by atoms with Crippen molar-refractivity contribution in [1.29, 1.82) is 0 Å². The van der Waals surface area contributed by atoms with E-state index in [1.807, 2.05) is 0 Å². The van der Waals surface area contributed by atoms with Crippen molar-refractivity contribution in [3.8, 4) is 0 Å². The summed E-state index contributed by atoms with van der Waals surface area (Å²) in [4.78, 5) is 54.6. The third-order valence-electron chi connectivity index (χ3n) is 5.19. The smallest absolute Gasteiger partial charge is 0.352 e. The number of aromatic amines is 2. The molecule has 3 heterocycles. The number of rotatable bonds is 6. The Kier molecular flexibility index (Phi) is 5.22. The standard InChI is InChI=1S/C22H19N5O6/c1-26-10-13(7-18(26)22(32)33)24-19(28)11-3-4-15-12(5-11)6-16(25-15)20(29)27(2)14-8-17(21(30)31)23-9-14/h3-10,23,25H,1-2H3,(H,24,28)(H,30,31)(H,32,33). The topological polar surface area (TPSA) is 161 Å². The summed E-state index contributed by atoms with van der Waals surface area (Å²) in [6, 6.07) is 9.16. The highest BCUT2D eigenvalue weighted by Gasteiger charge is 2.19. The molecule has 0 radical (unpaired) electrons. The average molecular weight is 449 g/mol. The fourth-order valence-corrected chi connectivity index (χ4v) is 3.44. The van der Waals surface area contributed by atoms with Gasteiger partial charge in [0.2, 0.25) is 0 Å². The lowest BCUT2D eigenvalue weighted by atomic mass is 10.1. The minimum atomic E-state index is -1.13. The van der Waals surface area contributed by atoms with Gasteiger partial charge in [-0.2, -0.15) is 0 Å². The molecular formula is C22H19N5O6. The van der Waals surface area contributed by atoms with Crippen LogP contribution in [0.25, 0.3) is 10.9 Å². The van der Waals surface area contributed by atoms with E-state index in [0.717, 1.165) is 0 Å². The Labute approximate surface area is 186 Å². The van der Waals surface area contributed by atoms with Crippen LogP contribution in [0.5, 0.6) is 0 Å². The summed E-state index contributed by atoms with van der Waals surface area (Å²) >= 11 is 0. The number of carbonyl (C=O) groups excluding carboxylic acids is 2. The number of aryl methyl sites for hydroxylation is 1. The van der Waals surface area contributed by atoms with Crippen molar-refractivity contribution in [1.82, 2.24) is 14.5 Å². The number of carboxylic acids is 2. The monoisotopic (exact) mass is 449 g/mol. The van der Waals surface area contributed by atoms with E-state index in [9.17, 15) is 19.2 Å². The van der Waals surface area contributed by atoms with Gasteiger partial charge in [-0.25, -0.2) is 9.59 Å². The summed E-state index contributed by atoms with van der Waals surface area (Å²) in [5.41, 5.74) is 1.96. The van der Waals surface area contributed by atoms with Crippen LogP contribution in [0.4, 0.5) is 11.4 Å². The third-order valence-corrected chi connectivity index (χ3v) is 5.19. The normalized spacial score (nSPS) is 10.8. The Morgan fingerprint density at radius 1 is 1.00 bits per heavy atom. The van der Waals surface area contributed by atoms with E-state index < -0.39 is 23.8 Å². The van der Waals surface area contributed by atoms with Gasteiger partial charge in [0.05, 0.1) is 11.4 Å². The zero-order valence-electron chi connectivity index (χ0n) is 17.5. The third kappa shape index (κ3) is 4.06. The number of hydrogen-bond acceptors (Lipinski definition) is 4. The molecule has 0 aliphatic rings. The van der Waals surface area contributed by atoms with Crippen LogP contribution >= 0.6 is 0 Å². The van der Waals surface area contributed by atoms with Crippen molar-refractivity contribution < 1.29 is 29.4 Å². The summed E-state index contributed by atoms with van der Waals surface area (Å²) in [5, 5.41) is 21.5. The number of anilines is 2. The van der Waals surface area contributed by atoms with Crippen LogP contribution in [0.2, 0.25) is 0 Å². The first-order valence-electron chi connectivity index (χ1n) is 9.67. The van der Waals surface area contributed by atoms with Gasteiger partial charge < -0.3 is 35.0 Å².